The summed E-state index contributed by atoms with van der Waals surface area (Å²) in [6.45, 7) is 1.78. The van der Waals surface area contributed by atoms with Gasteiger partial charge in [-0.25, -0.2) is 8.78 Å². The number of benzene rings is 2. The zero-order valence-corrected chi connectivity index (χ0v) is 23.0. The molecule has 4 aromatic rings. The van der Waals surface area contributed by atoms with E-state index in [0.29, 0.717) is 36.7 Å². The minimum atomic E-state index is -5.54. The van der Waals surface area contributed by atoms with E-state index >= 15 is 0 Å². The van der Waals surface area contributed by atoms with E-state index in [1.54, 1.807) is 0 Å². The fourth-order valence-electron chi connectivity index (χ4n) is 4.57. The van der Waals surface area contributed by atoms with Crippen LogP contribution < -0.4 is 0 Å². The molecule has 2 aromatic carbocycles. The van der Waals surface area contributed by atoms with E-state index < -0.39 is 114 Å². The van der Waals surface area contributed by atoms with Crippen LogP contribution in [0.15, 0.2) is 36.7 Å². The Morgan fingerprint density at radius 2 is 0.889 bits per heavy atom. The molecule has 244 valence electrons. The van der Waals surface area contributed by atoms with Crippen molar-refractivity contribution < 1.29 is 61.5 Å². The lowest BCUT2D eigenvalue weighted by molar-refractivity contribution is -0.141. The molecular formula is C26H16F14N4S. The van der Waals surface area contributed by atoms with Gasteiger partial charge >= 0.3 is 24.7 Å². The van der Waals surface area contributed by atoms with Crippen LogP contribution in [0.1, 0.15) is 44.1 Å². The van der Waals surface area contributed by atoms with E-state index in [0.717, 1.165) is 13.8 Å². The predicted molar refractivity (Wildman–Crippen MR) is 133 cm³/mol. The Kier molecular flexibility index (Phi) is 8.75. The number of nitrogens with one attached hydrogen (secondary N) is 2. The van der Waals surface area contributed by atoms with E-state index in [9.17, 15) is 61.5 Å². The van der Waals surface area contributed by atoms with Gasteiger partial charge in [-0.05, 0) is 60.4 Å². The van der Waals surface area contributed by atoms with Gasteiger partial charge in [0, 0.05) is 34.6 Å². The average Bonchev–Trinajstić information content (AvgIpc) is 3.55. The molecule has 2 aromatic heterocycles. The second-order valence-electron chi connectivity index (χ2n) is 9.65. The number of rotatable bonds is 6. The quantitative estimate of drug-likeness (QED) is 0.199. The van der Waals surface area contributed by atoms with Crippen molar-refractivity contribution in [1.29, 1.82) is 0 Å². The van der Waals surface area contributed by atoms with Crippen LogP contribution in [0, 0.1) is 25.5 Å². The Hall–Kier alpha value is -3.77. The number of aryl methyl sites for hydroxylation is 2. The zero-order valence-electron chi connectivity index (χ0n) is 22.2. The second kappa shape index (κ2) is 11.5. The number of aromatic nitrogens is 4. The summed E-state index contributed by atoms with van der Waals surface area (Å²) in [6.07, 6.45) is -20.4. The van der Waals surface area contributed by atoms with Gasteiger partial charge in [-0.15, -0.1) is 11.8 Å². The molecule has 2 unspecified atom stereocenters. The standard InChI is InChI=1S/C26H16F14N4S/c1-9-3-17(27)13(15-7-41-43-19(15)23(29,30)31)5-11(9)21(25(35,36)37)45-22(26(38,39)40)12-6-14(18(28)4-10(12)2)16-8-42-44-20(16)24(32,33)34/h3-8,21-22H,1-2H3,(H,41,43)(H,42,44). The van der Waals surface area contributed by atoms with E-state index in [1.807, 2.05) is 10.2 Å². The van der Waals surface area contributed by atoms with Crippen LogP contribution >= 0.6 is 11.8 Å². The topological polar surface area (TPSA) is 57.4 Å². The molecule has 19 heteroatoms. The lowest BCUT2D eigenvalue weighted by atomic mass is 9.96. The highest BCUT2D eigenvalue weighted by Crippen LogP contribution is 2.56. The molecule has 45 heavy (non-hydrogen) atoms. The Bertz CT molecular complexity index is 1570. The Labute approximate surface area is 247 Å². The number of H-pyrrole nitrogens is 2. The molecule has 0 amide bonds. The monoisotopic (exact) mass is 682 g/mol. The molecule has 0 saturated heterocycles. The van der Waals surface area contributed by atoms with Gasteiger partial charge in [0.05, 0.1) is 0 Å². The third kappa shape index (κ3) is 6.91. The first-order valence-corrected chi connectivity index (χ1v) is 13.1. The summed E-state index contributed by atoms with van der Waals surface area (Å²) < 4.78 is 197. The van der Waals surface area contributed by atoms with Gasteiger partial charge < -0.3 is 0 Å². The second-order valence-corrected chi connectivity index (χ2v) is 10.9. The fraction of sp³-hybridized carbons (Fsp3) is 0.308. The summed E-state index contributed by atoms with van der Waals surface area (Å²) in [7, 11) is 0. The average molecular weight is 682 g/mol. The molecule has 0 bridgehead atoms. The molecule has 4 rings (SSSR count). The highest BCUT2D eigenvalue weighted by atomic mass is 32.2. The van der Waals surface area contributed by atoms with Crippen molar-refractivity contribution in [3.05, 3.63) is 81.9 Å². The number of nitrogens with zero attached hydrogens (tertiary/aromatic N) is 2. The van der Waals surface area contributed by atoms with E-state index in [2.05, 4.69) is 10.2 Å². The van der Waals surface area contributed by atoms with E-state index in [-0.39, 0.29) is 0 Å². The fourth-order valence-corrected chi connectivity index (χ4v) is 5.95. The summed E-state index contributed by atoms with van der Waals surface area (Å²) in [6, 6.07) is 1.48. The Balaban J connectivity index is 1.90. The summed E-state index contributed by atoms with van der Waals surface area (Å²) in [4.78, 5) is 0. The third-order valence-electron chi connectivity index (χ3n) is 6.54. The number of halogens is 14. The summed E-state index contributed by atoms with van der Waals surface area (Å²) in [5.74, 6) is -2.86. The lowest BCUT2D eigenvalue weighted by Gasteiger charge is -2.30. The molecule has 2 N–H and O–H groups in total. The SMILES string of the molecule is Cc1cc(F)c(-c2c[nH]nc2C(F)(F)F)cc1C(SC(c1cc(-c2c[nH]nc2C(F)(F)F)c(F)cc1C)C(F)(F)F)C(F)(F)F. The van der Waals surface area contributed by atoms with Crippen molar-refractivity contribution >= 4 is 11.8 Å². The maximum absolute atomic E-state index is 14.8. The van der Waals surface area contributed by atoms with Gasteiger partial charge in [-0.3, -0.25) is 10.2 Å². The van der Waals surface area contributed by atoms with Crippen molar-refractivity contribution in [3.8, 4) is 22.3 Å². The first-order valence-electron chi connectivity index (χ1n) is 12.1. The summed E-state index contributed by atoms with van der Waals surface area (Å²) >= 11 is -0.805. The van der Waals surface area contributed by atoms with Crippen molar-refractivity contribution in [1.82, 2.24) is 20.4 Å². The number of alkyl halides is 12. The molecule has 2 heterocycles. The maximum Gasteiger partial charge on any atom is 0.435 e. The first kappa shape index (κ1) is 34.1. The molecule has 0 fully saturated rings. The maximum atomic E-state index is 14.8. The van der Waals surface area contributed by atoms with Gasteiger partial charge in [0.15, 0.2) is 11.4 Å². The number of thioether (sulfide) groups is 1. The number of hydrogen-bond acceptors (Lipinski definition) is 3. The molecule has 0 aliphatic rings. The van der Waals surface area contributed by atoms with Crippen LogP contribution in [0.2, 0.25) is 0 Å². The highest BCUT2D eigenvalue weighted by Gasteiger charge is 2.51. The third-order valence-corrected chi connectivity index (χ3v) is 8.13. The van der Waals surface area contributed by atoms with E-state index in [4.69, 9.17) is 0 Å². The van der Waals surface area contributed by atoms with Crippen molar-refractivity contribution in [2.75, 3.05) is 0 Å². The van der Waals surface area contributed by atoms with Gasteiger partial charge in [-0.1, -0.05) is 0 Å². The molecule has 0 saturated carbocycles. The first-order chi connectivity index (χ1) is 20.5. The van der Waals surface area contributed by atoms with Gasteiger partial charge in [0.1, 0.15) is 22.1 Å². The number of hydrogen-bond donors (Lipinski definition) is 2. The van der Waals surface area contributed by atoms with E-state index in [1.165, 1.54) is 0 Å². The smallest absolute Gasteiger partial charge is 0.284 e. The molecular weight excluding hydrogens is 666 g/mol. The Morgan fingerprint density at radius 1 is 0.556 bits per heavy atom. The normalized spacial score (nSPS) is 14.6. The molecule has 0 spiro atoms. The molecule has 0 aliphatic carbocycles. The summed E-state index contributed by atoms with van der Waals surface area (Å²) in [5, 5.41) is 3.17. The molecule has 4 nitrogen and oxygen atoms in total. The minimum Gasteiger partial charge on any atom is -0.284 e. The predicted octanol–water partition coefficient (Wildman–Crippen LogP) is 10.0. The van der Waals surface area contributed by atoms with Crippen LogP contribution in [-0.4, -0.2) is 32.7 Å². The van der Waals surface area contributed by atoms with Crippen LogP contribution in [0.4, 0.5) is 61.5 Å². The van der Waals surface area contributed by atoms with Gasteiger partial charge in [0.25, 0.3) is 0 Å². The van der Waals surface area contributed by atoms with Crippen LogP contribution in [0.3, 0.4) is 0 Å². The van der Waals surface area contributed by atoms with Crippen LogP contribution in [0.5, 0.6) is 0 Å². The summed E-state index contributed by atoms with van der Waals surface area (Å²) in [5.41, 5.74) is -10.8. The lowest BCUT2D eigenvalue weighted by Crippen LogP contribution is -2.26. The molecule has 0 aliphatic heterocycles. The van der Waals surface area contributed by atoms with Crippen LogP contribution in [-0.2, 0) is 12.4 Å². The largest absolute Gasteiger partial charge is 0.435 e. The van der Waals surface area contributed by atoms with Crippen LogP contribution in [0.25, 0.3) is 22.3 Å². The number of aromatic amines is 2. The molecule has 0 radical (unpaired) electrons. The highest BCUT2D eigenvalue weighted by molar-refractivity contribution is 7.99. The van der Waals surface area contributed by atoms with Crippen molar-refractivity contribution in [2.24, 2.45) is 0 Å². The Morgan fingerprint density at radius 3 is 1.18 bits per heavy atom. The van der Waals surface area contributed by atoms with Gasteiger partial charge in [-0.2, -0.15) is 62.9 Å². The molecule has 2 atom stereocenters. The minimum absolute atomic E-state index is 0.327. The van der Waals surface area contributed by atoms with Gasteiger partial charge in [0.2, 0.25) is 0 Å². The zero-order chi connectivity index (χ0) is 33.9. The van der Waals surface area contributed by atoms with Crippen molar-refractivity contribution in [2.45, 2.75) is 49.1 Å². The van der Waals surface area contributed by atoms with Crippen molar-refractivity contribution in [3.63, 3.8) is 0 Å².